The largest absolute Gasteiger partial charge is 0.497 e. The predicted octanol–water partition coefficient (Wildman–Crippen LogP) is 1.46. The number of carbonyl (C=O) groups is 3. The second-order valence-electron chi connectivity index (χ2n) is 5.68. The van der Waals surface area contributed by atoms with E-state index < -0.39 is 12.0 Å². The Labute approximate surface area is 168 Å². The topological polar surface area (TPSA) is 84.9 Å². The summed E-state index contributed by atoms with van der Waals surface area (Å²) < 4.78 is 11.2. The molecule has 1 aromatic rings. The number of carbonyl (C=O) groups excluding carboxylic acids is 3. The van der Waals surface area contributed by atoms with E-state index in [-0.39, 0.29) is 17.9 Å². The molecule has 0 aliphatic carbocycles. The molecule has 2 heterocycles. The average Bonchev–Trinajstić information content (AvgIpc) is 2.69. The minimum Gasteiger partial charge on any atom is -0.497 e. The van der Waals surface area contributed by atoms with Crippen LogP contribution in [0.5, 0.6) is 5.75 Å². The highest BCUT2D eigenvalue weighted by Crippen LogP contribution is 2.41. The maximum Gasteiger partial charge on any atom is 0.355 e. The Morgan fingerprint density at radius 2 is 2.15 bits per heavy atom. The first kappa shape index (κ1) is 19.0. The molecule has 0 aromatic heterocycles. The first-order chi connectivity index (χ1) is 12.6. The summed E-state index contributed by atoms with van der Waals surface area (Å²) >= 11 is 3.71. The fraction of sp³-hybridized carbons (Fsp3) is 0.353. The summed E-state index contributed by atoms with van der Waals surface area (Å²) in [4.78, 5) is 37.1. The Hall–Kier alpha value is -1.75. The van der Waals surface area contributed by atoms with Crippen LogP contribution in [0.25, 0.3) is 0 Å². The minimum absolute atomic E-state index is 0.108. The van der Waals surface area contributed by atoms with Crippen LogP contribution in [-0.4, -0.2) is 51.9 Å². The number of thioether (sulfide) groups is 1. The number of alkyl halides is 1. The summed E-state index contributed by atoms with van der Waals surface area (Å²) in [6, 6.07) is 6.63. The first-order valence-electron chi connectivity index (χ1n) is 7.83. The zero-order valence-electron chi connectivity index (χ0n) is 13.9. The van der Waals surface area contributed by atoms with Gasteiger partial charge in [0.15, 0.2) is 0 Å². The number of rotatable bonds is 7. The standard InChI is InChI=1S/C17H17IN2O5S/c1-24-12-4-2-10(3-5-12)7-25-17(23)14-11(6-18)8-26-16-13(19-9-21)15(22)20(14)16/h2-5,9,13,16H,6-8H2,1H3,(H,19,21)/t13-,16+/m1/s1. The van der Waals surface area contributed by atoms with E-state index in [2.05, 4.69) is 27.9 Å². The zero-order valence-corrected chi connectivity index (χ0v) is 16.9. The van der Waals surface area contributed by atoms with Crippen molar-refractivity contribution in [3.05, 3.63) is 41.1 Å². The number of amides is 2. The van der Waals surface area contributed by atoms with Crippen molar-refractivity contribution < 1.29 is 23.9 Å². The smallest absolute Gasteiger partial charge is 0.355 e. The Balaban J connectivity index is 1.72. The Morgan fingerprint density at radius 3 is 2.77 bits per heavy atom. The summed E-state index contributed by atoms with van der Waals surface area (Å²) in [5.41, 5.74) is 2.00. The number of methoxy groups -OCH3 is 1. The molecule has 0 bridgehead atoms. The van der Waals surface area contributed by atoms with Crippen molar-refractivity contribution in [1.82, 2.24) is 10.2 Å². The highest BCUT2D eigenvalue weighted by molar-refractivity contribution is 14.1. The number of hydrogen-bond donors (Lipinski definition) is 1. The number of halogens is 1. The molecule has 9 heteroatoms. The molecule has 2 atom stereocenters. The summed E-state index contributed by atoms with van der Waals surface area (Å²) in [7, 11) is 1.58. The average molecular weight is 488 g/mol. The number of hydrogen-bond acceptors (Lipinski definition) is 6. The monoisotopic (exact) mass is 488 g/mol. The molecule has 0 spiro atoms. The van der Waals surface area contributed by atoms with Crippen molar-refractivity contribution in [1.29, 1.82) is 0 Å². The second kappa shape index (κ2) is 8.30. The first-order valence-corrected chi connectivity index (χ1v) is 10.4. The molecule has 26 heavy (non-hydrogen) atoms. The van der Waals surface area contributed by atoms with Gasteiger partial charge in [0.25, 0.3) is 5.91 Å². The van der Waals surface area contributed by atoms with Crippen LogP contribution in [0.2, 0.25) is 0 Å². The molecule has 1 N–H and O–H groups in total. The molecule has 7 nitrogen and oxygen atoms in total. The van der Waals surface area contributed by atoms with Gasteiger partial charge in [0.2, 0.25) is 6.41 Å². The molecule has 3 rings (SSSR count). The van der Waals surface area contributed by atoms with Crippen LogP contribution in [0.1, 0.15) is 5.56 Å². The van der Waals surface area contributed by atoms with Crippen LogP contribution in [0.3, 0.4) is 0 Å². The third-order valence-electron chi connectivity index (χ3n) is 4.18. The van der Waals surface area contributed by atoms with Gasteiger partial charge in [0, 0.05) is 10.2 Å². The third kappa shape index (κ3) is 3.54. The molecule has 1 saturated heterocycles. The molecule has 0 unspecified atom stereocenters. The van der Waals surface area contributed by atoms with Gasteiger partial charge in [-0.15, -0.1) is 11.8 Å². The SMILES string of the molecule is COc1ccc(COC(=O)C2=C(CI)CS[C@H]3[C@H](NC=O)C(=O)N23)cc1. The number of nitrogens with zero attached hydrogens (tertiary/aromatic N) is 1. The molecule has 0 radical (unpaired) electrons. The van der Waals surface area contributed by atoms with Crippen molar-refractivity contribution >= 4 is 52.6 Å². The normalized spacial score (nSPS) is 21.6. The van der Waals surface area contributed by atoms with Gasteiger partial charge in [0.05, 0.1) is 7.11 Å². The fourth-order valence-corrected chi connectivity index (χ4v) is 5.16. The molecular formula is C17H17IN2O5S. The lowest BCUT2D eigenvalue weighted by molar-refractivity contribution is -0.152. The Kier molecular flexibility index (Phi) is 6.07. The lowest BCUT2D eigenvalue weighted by Crippen LogP contribution is -2.69. The summed E-state index contributed by atoms with van der Waals surface area (Å²) in [6.45, 7) is 0.108. The van der Waals surface area contributed by atoms with E-state index in [1.165, 1.54) is 16.7 Å². The van der Waals surface area contributed by atoms with Crippen molar-refractivity contribution in [2.45, 2.75) is 18.0 Å². The number of fused-ring (bicyclic) bond motifs is 1. The summed E-state index contributed by atoms with van der Waals surface area (Å²) in [6.07, 6.45) is 0.514. The minimum atomic E-state index is -0.586. The number of ether oxygens (including phenoxy) is 2. The summed E-state index contributed by atoms with van der Waals surface area (Å²) in [5.74, 6) is 0.548. The van der Waals surface area contributed by atoms with Crippen LogP contribution >= 0.6 is 34.4 Å². The van der Waals surface area contributed by atoms with E-state index >= 15 is 0 Å². The van der Waals surface area contributed by atoms with Crippen molar-refractivity contribution in [2.24, 2.45) is 0 Å². The number of esters is 1. The van der Waals surface area contributed by atoms with Gasteiger partial charge in [-0.3, -0.25) is 14.5 Å². The van der Waals surface area contributed by atoms with E-state index in [9.17, 15) is 14.4 Å². The van der Waals surface area contributed by atoms with Crippen LogP contribution in [0.4, 0.5) is 0 Å². The second-order valence-corrected chi connectivity index (χ2v) is 7.55. The maximum atomic E-state index is 12.7. The van der Waals surface area contributed by atoms with Crippen molar-refractivity contribution in [3.63, 3.8) is 0 Å². The molecular weight excluding hydrogens is 471 g/mol. The van der Waals surface area contributed by atoms with Crippen molar-refractivity contribution in [3.8, 4) is 5.75 Å². The van der Waals surface area contributed by atoms with Gasteiger partial charge < -0.3 is 14.8 Å². The van der Waals surface area contributed by atoms with E-state index in [0.717, 1.165) is 16.9 Å². The predicted molar refractivity (Wildman–Crippen MR) is 105 cm³/mol. The van der Waals surface area contributed by atoms with Crippen LogP contribution < -0.4 is 10.1 Å². The zero-order chi connectivity index (χ0) is 18.7. The molecule has 2 aliphatic rings. The highest BCUT2D eigenvalue weighted by Gasteiger charge is 2.53. The molecule has 138 valence electrons. The Bertz CT molecular complexity index is 752. The van der Waals surface area contributed by atoms with Gasteiger partial charge in [-0.1, -0.05) is 34.7 Å². The lowest BCUT2D eigenvalue weighted by Gasteiger charge is -2.49. The number of nitrogens with one attached hydrogen (secondary N) is 1. The Morgan fingerprint density at radius 1 is 1.42 bits per heavy atom. The number of β-lactam (4-membered cyclic amide) rings is 1. The van der Waals surface area contributed by atoms with E-state index in [4.69, 9.17) is 9.47 Å². The summed E-state index contributed by atoms with van der Waals surface area (Å²) in [5, 5.41) is 2.25. The molecule has 0 saturated carbocycles. The molecule has 1 fully saturated rings. The fourth-order valence-electron chi connectivity index (χ4n) is 2.81. The van der Waals surface area contributed by atoms with Gasteiger partial charge in [-0.25, -0.2) is 4.79 Å². The van der Waals surface area contributed by atoms with E-state index in [0.29, 0.717) is 22.3 Å². The van der Waals surface area contributed by atoms with Gasteiger partial charge >= 0.3 is 5.97 Å². The van der Waals surface area contributed by atoms with Crippen LogP contribution in [0.15, 0.2) is 35.5 Å². The highest BCUT2D eigenvalue weighted by atomic mass is 127. The van der Waals surface area contributed by atoms with Gasteiger partial charge in [-0.2, -0.15) is 0 Å². The van der Waals surface area contributed by atoms with E-state index in [1.54, 1.807) is 19.2 Å². The van der Waals surface area contributed by atoms with Crippen LogP contribution in [-0.2, 0) is 25.7 Å². The van der Waals surface area contributed by atoms with Crippen molar-refractivity contribution in [2.75, 3.05) is 17.3 Å². The molecule has 1 aromatic carbocycles. The quantitative estimate of drug-likeness (QED) is 0.206. The van der Waals surface area contributed by atoms with Gasteiger partial charge in [-0.05, 0) is 23.3 Å². The molecule has 2 amide bonds. The number of benzene rings is 1. The van der Waals surface area contributed by atoms with E-state index in [1.807, 2.05) is 12.1 Å². The third-order valence-corrected chi connectivity index (χ3v) is 6.44. The molecule has 2 aliphatic heterocycles. The maximum absolute atomic E-state index is 12.7. The lowest BCUT2D eigenvalue weighted by atomic mass is 10.0. The van der Waals surface area contributed by atoms with Crippen LogP contribution in [0, 0.1) is 0 Å². The van der Waals surface area contributed by atoms with Gasteiger partial charge in [0.1, 0.15) is 29.5 Å².